The van der Waals surface area contributed by atoms with Crippen LogP contribution in [-0.2, 0) is 9.22 Å². The van der Waals surface area contributed by atoms with E-state index in [9.17, 15) is 9.90 Å². The van der Waals surface area contributed by atoms with Gasteiger partial charge in [-0.25, -0.2) is 0 Å². The van der Waals surface area contributed by atoms with Crippen LogP contribution in [0.2, 0.25) is 19.6 Å². The highest BCUT2D eigenvalue weighted by atomic mass is 28.4. The lowest BCUT2D eigenvalue weighted by Gasteiger charge is -2.38. The maximum Gasteiger partial charge on any atom is 0.242 e. The molecule has 124 valence electrons. The molecule has 1 aliphatic carbocycles. The van der Waals surface area contributed by atoms with Crippen molar-refractivity contribution in [3.05, 3.63) is 35.6 Å². The Balaban J connectivity index is 3.47. The number of carbonyl (C=O) groups excluding carboxylic acids is 1. The number of hydrogen-bond donors (Lipinski definition) is 1. The van der Waals surface area contributed by atoms with E-state index in [0.717, 1.165) is 11.3 Å². The Hall–Kier alpha value is -1.13. The molecule has 0 aromatic heterocycles. The van der Waals surface area contributed by atoms with Crippen molar-refractivity contribution in [3.63, 3.8) is 0 Å². The van der Waals surface area contributed by atoms with Gasteiger partial charge in [-0.15, -0.1) is 6.58 Å². The summed E-state index contributed by atoms with van der Waals surface area (Å²) >= 11 is 0. The molecule has 4 heteroatoms. The molecule has 0 amide bonds. The number of rotatable bonds is 5. The third-order valence-corrected chi connectivity index (χ3v) is 4.71. The van der Waals surface area contributed by atoms with Crippen LogP contribution in [0.15, 0.2) is 35.6 Å². The molecular formula is C18H30O3Si. The third-order valence-electron chi connectivity index (χ3n) is 3.88. The second-order valence-electron chi connectivity index (χ2n) is 7.81. The zero-order valence-corrected chi connectivity index (χ0v) is 16.0. The first kappa shape index (κ1) is 18.9. The van der Waals surface area contributed by atoms with Gasteiger partial charge in [-0.3, -0.25) is 4.79 Å². The lowest BCUT2D eigenvalue weighted by atomic mass is 9.70. The van der Waals surface area contributed by atoms with Crippen molar-refractivity contribution in [2.24, 2.45) is 11.3 Å². The van der Waals surface area contributed by atoms with E-state index >= 15 is 0 Å². The summed E-state index contributed by atoms with van der Waals surface area (Å²) in [6.45, 7) is 18.2. The van der Waals surface area contributed by atoms with Crippen molar-refractivity contribution < 1.29 is 14.3 Å². The average Bonchev–Trinajstić information content (AvgIpc) is 2.33. The number of allylic oxidation sites excluding steroid dienone is 3. The van der Waals surface area contributed by atoms with Crippen LogP contribution in [0.25, 0.3) is 0 Å². The van der Waals surface area contributed by atoms with Gasteiger partial charge in [0.25, 0.3) is 0 Å². The fourth-order valence-corrected chi connectivity index (χ4v) is 3.71. The van der Waals surface area contributed by atoms with Gasteiger partial charge in [-0.2, -0.15) is 0 Å². The maximum absolute atomic E-state index is 12.2. The van der Waals surface area contributed by atoms with Gasteiger partial charge in [-0.1, -0.05) is 26.8 Å². The molecule has 0 aliphatic heterocycles. The van der Waals surface area contributed by atoms with Crippen molar-refractivity contribution >= 4 is 14.1 Å². The van der Waals surface area contributed by atoms with E-state index in [0.29, 0.717) is 12.0 Å². The number of aliphatic hydroxyl groups excluding tert-OH is 1. The molecular weight excluding hydrogens is 292 g/mol. The zero-order chi connectivity index (χ0) is 17.3. The topological polar surface area (TPSA) is 46.5 Å². The van der Waals surface area contributed by atoms with E-state index in [-0.39, 0.29) is 17.1 Å². The van der Waals surface area contributed by atoms with Crippen LogP contribution in [-0.4, -0.2) is 25.3 Å². The Bertz CT molecular complexity index is 521. The number of Topliss-reactive ketones (excluding diaryl/α,β-unsaturated/α-hetero) is 1. The highest BCUT2D eigenvalue weighted by Crippen LogP contribution is 2.44. The zero-order valence-electron chi connectivity index (χ0n) is 15.0. The summed E-state index contributed by atoms with van der Waals surface area (Å²) in [5.74, 6) is 0.754. The first-order valence-corrected chi connectivity index (χ1v) is 11.3. The van der Waals surface area contributed by atoms with E-state index in [2.05, 4.69) is 40.1 Å². The van der Waals surface area contributed by atoms with Crippen molar-refractivity contribution in [3.8, 4) is 0 Å². The maximum atomic E-state index is 12.2. The molecule has 0 saturated heterocycles. The van der Waals surface area contributed by atoms with Crippen LogP contribution in [0.3, 0.4) is 0 Å². The number of hydrogen-bond acceptors (Lipinski definition) is 3. The van der Waals surface area contributed by atoms with Gasteiger partial charge < -0.3 is 9.53 Å². The Morgan fingerprint density at radius 3 is 2.45 bits per heavy atom. The summed E-state index contributed by atoms with van der Waals surface area (Å²) in [5.41, 5.74) is 1.24. The van der Waals surface area contributed by atoms with Gasteiger partial charge in [0.05, 0.1) is 0 Å². The van der Waals surface area contributed by atoms with Crippen LogP contribution < -0.4 is 0 Å². The summed E-state index contributed by atoms with van der Waals surface area (Å²) in [6.07, 6.45) is 3.41. The van der Waals surface area contributed by atoms with Crippen molar-refractivity contribution in [2.75, 3.05) is 0 Å². The number of carbonyl (C=O) groups is 1. The van der Waals surface area contributed by atoms with Gasteiger partial charge in [-0.05, 0) is 50.4 Å². The van der Waals surface area contributed by atoms with E-state index in [1.54, 1.807) is 6.92 Å². The van der Waals surface area contributed by atoms with E-state index < -0.39 is 14.4 Å². The second-order valence-corrected chi connectivity index (χ2v) is 12.2. The molecule has 2 unspecified atom stereocenters. The highest BCUT2D eigenvalue weighted by molar-refractivity contribution is 6.70. The smallest absolute Gasteiger partial charge is 0.242 e. The van der Waals surface area contributed by atoms with Crippen molar-refractivity contribution in [1.82, 2.24) is 0 Å². The molecule has 0 spiro atoms. The van der Waals surface area contributed by atoms with Gasteiger partial charge in [0.2, 0.25) is 8.32 Å². The fraction of sp³-hybridized carbons (Fsp3) is 0.611. The first-order valence-electron chi connectivity index (χ1n) is 7.86. The van der Waals surface area contributed by atoms with Crippen molar-refractivity contribution in [1.29, 1.82) is 0 Å². The van der Waals surface area contributed by atoms with E-state index in [1.807, 2.05) is 19.1 Å². The molecule has 22 heavy (non-hydrogen) atoms. The quantitative estimate of drug-likeness (QED) is 0.468. The van der Waals surface area contributed by atoms with Gasteiger partial charge in [0.1, 0.15) is 11.9 Å². The molecule has 0 bridgehead atoms. The first-order chi connectivity index (χ1) is 9.89. The minimum atomic E-state index is -1.83. The lowest BCUT2D eigenvalue weighted by molar-refractivity contribution is -0.125. The Labute approximate surface area is 135 Å². The number of aliphatic hydroxyl groups is 1. The summed E-state index contributed by atoms with van der Waals surface area (Å²) in [5, 5.41) is 9.99. The standard InChI is InChI=1S/C18H30O3Si/c1-9-12(2)10-15(21-22(6,7)8)16-13(3)17(20)14(19)11-18(16,4)5/h9-10,12,14,19H,1,11H2,2-8H3/b15-10-. The second kappa shape index (κ2) is 6.55. The average molecular weight is 323 g/mol. The minimum Gasteiger partial charge on any atom is -0.544 e. The summed E-state index contributed by atoms with van der Waals surface area (Å²) in [7, 11) is -1.83. The molecule has 3 nitrogen and oxygen atoms in total. The van der Waals surface area contributed by atoms with Crippen LogP contribution >= 0.6 is 0 Å². The molecule has 0 heterocycles. The monoisotopic (exact) mass is 322 g/mol. The summed E-state index contributed by atoms with van der Waals surface area (Å²) < 4.78 is 6.30. The fourth-order valence-electron chi connectivity index (χ4n) is 2.88. The predicted octanol–water partition coefficient (Wildman–Crippen LogP) is 4.22. The Morgan fingerprint density at radius 1 is 1.45 bits per heavy atom. The van der Waals surface area contributed by atoms with Crippen LogP contribution in [0.4, 0.5) is 0 Å². The van der Waals surface area contributed by atoms with Gasteiger partial charge >= 0.3 is 0 Å². The lowest BCUT2D eigenvalue weighted by Crippen LogP contribution is -2.38. The molecule has 1 rings (SSSR count). The molecule has 1 aliphatic rings. The van der Waals surface area contributed by atoms with Crippen LogP contribution in [0.1, 0.15) is 34.1 Å². The van der Waals surface area contributed by atoms with E-state index in [4.69, 9.17) is 4.43 Å². The number of ketones is 1. The molecule has 0 aromatic rings. The van der Waals surface area contributed by atoms with Crippen LogP contribution in [0.5, 0.6) is 0 Å². The van der Waals surface area contributed by atoms with Crippen LogP contribution in [0, 0.1) is 11.3 Å². The van der Waals surface area contributed by atoms with Crippen molar-refractivity contribution in [2.45, 2.75) is 59.9 Å². The SMILES string of the molecule is C=CC(C)/C=C(\O[Si](C)(C)C)C1=C(C)C(=O)C(O)CC1(C)C. The molecule has 1 N–H and O–H groups in total. The summed E-state index contributed by atoms with van der Waals surface area (Å²) in [6, 6.07) is 0. The Kier molecular flexibility index (Phi) is 5.63. The highest BCUT2D eigenvalue weighted by Gasteiger charge is 2.40. The minimum absolute atomic E-state index is 0.157. The molecule has 0 fully saturated rings. The Morgan fingerprint density at radius 2 is 2.00 bits per heavy atom. The normalized spacial score (nSPS) is 24.3. The third kappa shape index (κ3) is 4.43. The summed E-state index contributed by atoms with van der Waals surface area (Å²) in [4.78, 5) is 12.2. The predicted molar refractivity (Wildman–Crippen MR) is 94.0 cm³/mol. The van der Waals surface area contributed by atoms with E-state index in [1.165, 1.54) is 0 Å². The molecule has 0 saturated carbocycles. The van der Waals surface area contributed by atoms with Gasteiger partial charge in [0.15, 0.2) is 5.78 Å². The molecule has 0 aromatic carbocycles. The van der Waals surface area contributed by atoms with Gasteiger partial charge in [0, 0.05) is 11.1 Å². The largest absolute Gasteiger partial charge is 0.544 e. The molecule has 0 radical (unpaired) electrons. The molecule has 2 atom stereocenters.